The summed E-state index contributed by atoms with van der Waals surface area (Å²) in [7, 11) is 1.28. The number of esters is 1. The molecule has 0 bridgehead atoms. The van der Waals surface area contributed by atoms with Gasteiger partial charge in [0.2, 0.25) is 0 Å². The lowest BCUT2D eigenvalue weighted by Crippen LogP contribution is -2.14. The molecule has 2 N–H and O–H groups in total. The Morgan fingerprint density at radius 2 is 1.62 bits per heavy atom. The third kappa shape index (κ3) is 5.66. The first-order chi connectivity index (χ1) is 14.0. The van der Waals surface area contributed by atoms with Crippen LogP contribution in [0.1, 0.15) is 20.0 Å². The summed E-state index contributed by atoms with van der Waals surface area (Å²) in [5.74, 6) is -0.652. The molecular weight excluding hydrogens is 392 g/mol. The van der Waals surface area contributed by atoms with E-state index in [1.54, 1.807) is 60.7 Å². The minimum atomic E-state index is -0.499. The zero-order valence-electron chi connectivity index (χ0n) is 15.5. The highest BCUT2D eigenvalue weighted by molar-refractivity contribution is 7.12. The third-order valence-electron chi connectivity index (χ3n) is 3.80. The molecule has 29 heavy (non-hydrogen) atoms. The number of thiophene rings is 1. The average molecular weight is 410 g/mol. The molecule has 0 radical (unpaired) electrons. The second kappa shape index (κ2) is 9.52. The van der Waals surface area contributed by atoms with Crippen molar-refractivity contribution in [1.29, 1.82) is 0 Å². The van der Waals surface area contributed by atoms with Crippen LogP contribution in [0.15, 0.2) is 66.0 Å². The van der Waals surface area contributed by atoms with Crippen LogP contribution in [0.5, 0.6) is 5.75 Å². The van der Waals surface area contributed by atoms with Gasteiger partial charge in [-0.15, -0.1) is 11.3 Å². The first kappa shape index (κ1) is 20.1. The maximum absolute atomic E-state index is 12.6. The highest BCUT2D eigenvalue weighted by atomic mass is 32.1. The molecular formula is C21H18N2O5S. The van der Waals surface area contributed by atoms with Crippen molar-refractivity contribution in [2.24, 2.45) is 0 Å². The smallest absolute Gasteiger partial charge is 0.343 e. The summed E-state index contributed by atoms with van der Waals surface area (Å²) in [4.78, 5) is 36.5. The molecule has 2 aromatic carbocycles. The number of nitrogens with one attached hydrogen (secondary N) is 2. The third-order valence-corrected chi connectivity index (χ3v) is 4.67. The fourth-order valence-corrected chi connectivity index (χ4v) is 3.03. The van der Waals surface area contributed by atoms with E-state index >= 15 is 0 Å². The molecule has 0 aliphatic rings. The summed E-state index contributed by atoms with van der Waals surface area (Å²) in [6.07, 6.45) is 0. The van der Waals surface area contributed by atoms with Crippen LogP contribution in [0.25, 0.3) is 0 Å². The molecule has 2 amide bonds. The van der Waals surface area contributed by atoms with E-state index in [0.29, 0.717) is 27.6 Å². The van der Waals surface area contributed by atoms with Crippen molar-refractivity contribution in [1.82, 2.24) is 0 Å². The molecule has 0 spiro atoms. The summed E-state index contributed by atoms with van der Waals surface area (Å²) in [6.45, 7) is -0.222. The van der Waals surface area contributed by atoms with E-state index in [0.717, 1.165) is 0 Å². The Balaban J connectivity index is 1.65. The van der Waals surface area contributed by atoms with Gasteiger partial charge in [0, 0.05) is 23.0 Å². The molecule has 0 atom stereocenters. The van der Waals surface area contributed by atoms with Gasteiger partial charge < -0.3 is 20.1 Å². The van der Waals surface area contributed by atoms with Gasteiger partial charge in [-0.25, -0.2) is 4.79 Å². The molecule has 0 aliphatic heterocycles. The normalized spacial score (nSPS) is 10.1. The van der Waals surface area contributed by atoms with Gasteiger partial charge >= 0.3 is 5.97 Å². The Kier molecular flexibility index (Phi) is 6.59. The molecule has 3 aromatic rings. The summed E-state index contributed by atoms with van der Waals surface area (Å²) in [6, 6.07) is 16.8. The first-order valence-electron chi connectivity index (χ1n) is 8.61. The van der Waals surface area contributed by atoms with Crippen molar-refractivity contribution in [3.8, 4) is 5.75 Å². The zero-order chi connectivity index (χ0) is 20.6. The minimum absolute atomic E-state index is 0.222. The van der Waals surface area contributed by atoms with E-state index in [9.17, 15) is 14.4 Å². The number of anilines is 2. The van der Waals surface area contributed by atoms with Crippen LogP contribution >= 0.6 is 11.3 Å². The van der Waals surface area contributed by atoms with Gasteiger partial charge in [0.1, 0.15) is 5.75 Å². The number of benzene rings is 2. The summed E-state index contributed by atoms with van der Waals surface area (Å²) in [5.41, 5.74) is 1.41. The molecule has 8 heteroatoms. The van der Waals surface area contributed by atoms with E-state index in [1.807, 2.05) is 5.38 Å². The second-order valence-corrected chi connectivity index (χ2v) is 6.81. The number of carbonyl (C=O) groups excluding carboxylic acids is 3. The molecule has 1 aromatic heterocycles. The number of carbonyl (C=O) groups is 3. The van der Waals surface area contributed by atoms with Gasteiger partial charge in [-0.05, 0) is 41.8 Å². The quantitative estimate of drug-likeness (QED) is 0.578. The molecule has 0 saturated heterocycles. The molecule has 7 nitrogen and oxygen atoms in total. The number of hydrogen-bond acceptors (Lipinski definition) is 6. The van der Waals surface area contributed by atoms with Gasteiger partial charge in [0.05, 0.1) is 12.0 Å². The van der Waals surface area contributed by atoms with Crippen LogP contribution < -0.4 is 15.4 Å². The number of amides is 2. The maximum Gasteiger partial charge on any atom is 0.343 e. The van der Waals surface area contributed by atoms with E-state index < -0.39 is 5.97 Å². The Morgan fingerprint density at radius 1 is 0.897 bits per heavy atom. The van der Waals surface area contributed by atoms with Crippen LogP contribution in [-0.2, 0) is 9.53 Å². The molecule has 1 heterocycles. The predicted octanol–water partition coefficient (Wildman–Crippen LogP) is 3.80. The monoisotopic (exact) mass is 410 g/mol. The van der Waals surface area contributed by atoms with Crippen molar-refractivity contribution < 1.29 is 23.9 Å². The van der Waals surface area contributed by atoms with Crippen molar-refractivity contribution in [2.45, 2.75) is 0 Å². The van der Waals surface area contributed by atoms with Crippen molar-refractivity contribution in [2.75, 3.05) is 24.4 Å². The minimum Gasteiger partial charge on any atom is -0.482 e. The van der Waals surface area contributed by atoms with Crippen molar-refractivity contribution in [3.63, 3.8) is 0 Å². The lowest BCUT2D eigenvalue weighted by molar-refractivity contribution is -0.142. The number of rotatable bonds is 7. The van der Waals surface area contributed by atoms with Crippen molar-refractivity contribution >= 4 is 40.5 Å². The zero-order valence-corrected chi connectivity index (χ0v) is 16.3. The lowest BCUT2D eigenvalue weighted by Gasteiger charge is -2.10. The highest BCUT2D eigenvalue weighted by Crippen LogP contribution is 2.19. The SMILES string of the molecule is COC(=O)COc1cccc(NC(=O)c2cccc(NC(=O)c3cccs3)c2)c1. The fourth-order valence-electron chi connectivity index (χ4n) is 2.41. The van der Waals surface area contributed by atoms with E-state index in [-0.39, 0.29) is 18.4 Å². The Labute approximate surface area is 171 Å². The van der Waals surface area contributed by atoms with Crippen LogP contribution in [-0.4, -0.2) is 31.5 Å². The molecule has 0 unspecified atom stereocenters. The van der Waals surface area contributed by atoms with Crippen LogP contribution in [0.2, 0.25) is 0 Å². The van der Waals surface area contributed by atoms with Crippen LogP contribution in [0.4, 0.5) is 11.4 Å². The highest BCUT2D eigenvalue weighted by Gasteiger charge is 2.11. The molecule has 0 saturated carbocycles. The van der Waals surface area contributed by atoms with Crippen molar-refractivity contribution in [3.05, 3.63) is 76.5 Å². The average Bonchev–Trinajstić information content (AvgIpc) is 3.27. The van der Waals surface area contributed by atoms with Gasteiger partial charge in [0.15, 0.2) is 6.61 Å². The predicted molar refractivity (Wildman–Crippen MR) is 111 cm³/mol. The van der Waals surface area contributed by atoms with Gasteiger partial charge in [-0.3, -0.25) is 9.59 Å². The second-order valence-electron chi connectivity index (χ2n) is 5.86. The Morgan fingerprint density at radius 3 is 2.34 bits per heavy atom. The number of methoxy groups -OCH3 is 1. The Bertz CT molecular complexity index is 1020. The van der Waals surface area contributed by atoms with E-state index in [4.69, 9.17) is 4.74 Å². The van der Waals surface area contributed by atoms with E-state index in [2.05, 4.69) is 15.4 Å². The summed E-state index contributed by atoms with van der Waals surface area (Å²) < 4.78 is 9.84. The number of ether oxygens (including phenoxy) is 2. The molecule has 3 rings (SSSR count). The fraction of sp³-hybridized carbons (Fsp3) is 0.0952. The van der Waals surface area contributed by atoms with Crippen LogP contribution in [0.3, 0.4) is 0 Å². The Hall–Kier alpha value is -3.65. The number of hydrogen-bond donors (Lipinski definition) is 2. The molecule has 148 valence electrons. The van der Waals surface area contributed by atoms with Gasteiger partial charge in [-0.1, -0.05) is 18.2 Å². The van der Waals surface area contributed by atoms with E-state index in [1.165, 1.54) is 18.4 Å². The topological polar surface area (TPSA) is 93.7 Å². The summed E-state index contributed by atoms with van der Waals surface area (Å²) in [5, 5.41) is 7.36. The maximum atomic E-state index is 12.6. The van der Waals surface area contributed by atoms with Gasteiger partial charge in [0.25, 0.3) is 11.8 Å². The standard InChI is InChI=1S/C21H18N2O5S/c1-27-19(24)13-28-17-8-3-7-16(12-17)22-20(25)14-5-2-6-15(11-14)23-21(26)18-9-4-10-29-18/h2-12H,13H2,1H3,(H,22,25)(H,23,26). The molecule has 0 fully saturated rings. The van der Waals surface area contributed by atoms with Gasteiger partial charge in [-0.2, -0.15) is 0 Å². The summed E-state index contributed by atoms with van der Waals surface area (Å²) >= 11 is 1.34. The largest absolute Gasteiger partial charge is 0.482 e. The molecule has 0 aliphatic carbocycles. The first-order valence-corrected chi connectivity index (χ1v) is 9.49. The lowest BCUT2D eigenvalue weighted by atomic mass is 10.1. The van der Waals surface area contributed by atoms with Crippen LogP contribution in [0, 0.1) is 0 Å².